The fourth-order valence-corrected chi connectivity index (χ4v) is 0.898. The molecule has 0 saturated heterocycles. The van der Waals surface area contributed by atoms with Crippen molar-refractivity contribution < 1.29 is 5.11 Å². The molecule has 1 aromatic rings. The van der Waals surface area contributed by atoms with Crippen LogP contribution in [0.25, 0.3) is 0 Å². The van der Waals surface area contributed by atoms with Crippen molar-refractivity contribution in [2.75, 3.05) is 0 Å². The summed E-state index contributed by atoms with van der Waals surface area (Å²) in [7, 11) is 0. The Morgan fingerprint density at radius 3 is 1.35 bits per heavy atom. The van der Waals surface area contributed by atoms with Crippen LogP contribution >= 0.6 is 0 Å². The standard InChI is InChI=1S/C7H8O.C5H12.C4H10/c1-6-2-4-7(8)5-3-6;1-3-5-4-2;1-3-4-2/h2-5,8H,1H3;3-5H2,1-2H3;3-4H2,1-2H3. The van der Waals surface area contributed by atoms with E-state index in [1.165, 1.54) is 37.7 Å². The van der Waals surface area contributed by atoms with Crippen LogP contribution in [0.3, 0.4) is 0 Å². The van der Waals surface area contributed by atoms with Crippen LogP contribution in [-0.2, 0) is 0 Å². The monoisotopic (exact) mass is 238 g/mol. The molecular formula is C16H30O. The summed E-state index contributed by atoms with van der Waals surface area (Å²) in [5.41, 5.74) is 1.17. The Labute approximate surface area is 108 Å². The molecule has 0 atom stereocenters. The van der Waals surface area contributed by atoms with Crippen LogP contribution in [0, 0.1) is 6.92 Å². The topological polar surface area (TPSA) is 20.2 Å². The van der Waals surface area contributed by atoms with Gasteiger partial charge in [-0.25, -0.2) is 0 Å². The fourth-order valence-electron chi connectivity index (χ4n) is 0.898. The summed E-state index contributed by atoms with van der Waals surface area (Å²) in [5.74, 6) is 0.329. The second kappa shape index (κ2) is 15.0. The Hall–Kier alpha value is -0.980. The summed E-state index contributed by atoms with van der Waals surface area (Å²) in [5, 5.41) is 8.76. The third-order valence-electron chi connectivity index (χ3n) is 2.24. The smallest absolute Gasteiger partial charge is 0.115 e. The van der Waals surface area contributed by atoms with Crippen LogP contribution in [-0.4, -0.2) is 5.11 Å². The van der Waals surface area contributed by atoms with E-state index < -0.39 is 0 Å². The van der Waals surface area contributed by atoms with Crippen molar-refractivity contribution in [2.45, 2.75) is 66.7 Å². The molecule has 1 heteroatoms. The first-order chi connectivity index (χ1) is 8.12. The number of hydrogen-bond donors (Lipinski definition) is 1. The number of aryl methyl sites for hydroxylation is 1. The number of hydrogen-bond acceptors (Lipinski definition) is 1. The Kier molecular flexibility index (Phi) is 16.2. The van der Waals surface area contributed by atoms with Gasteiger partial charge in [-0.2, -0.15) is 0 Å². The van der Waals surface area contributed by atoms with E-state index in [0.717, 1.165) is 0 Å². The molecule has 0 bridgehead atoms. The zero-order valence-electron chi connectivity index (χ0n) is 12.3. The summed E-state index contributed by atoms with van der Waals surface area (Å²) < 4.78 is 0. The summed E-state index contributed by atoms with van der Waals surface area (Å²) in [4.78, 5) is 0. The normalized spacial score (nSPS) is 8.53. The molecule has 17 heavy (non-hydrogen) atoms. The van der Waals surface area contributed by atoms with Crippen molar-refractivity contribution in [2.24, 2.45) is 0 Å². The molecule has 0 aliphatic carbocycles. The Morgan fingerprint density at radius 1 is 0.765 bits per heavy atom. The first-order valence-electron chi connectivity index (χ1n) is 6.87. The van der Waals surface area contributed by atoms with Gasteiger partial charge in [0.05, 0.1) is 0 Å². The first-order valence-corrected chi connectivity index (χ1v) is 6.87. The van der Waals surface area contributed by atoms with Gasteiger partial charge in [0.25, 0.3) is 0 Å². The number of phenolic OH excluding ortho intramolecular Hbond substituents is 1. The number of phenols is 1. The van der Waals surface area contributed by atoms with Crippen LogP contribution in [0.2, 0.25) is 0 Å². The lowest BCUT2D eigenvalue weighted by molar-refractivity contribution is 0.475. The van der Waals surface area contributed by atoms with Gasteiger partial charge in [-0.1, -0.05) is 77.5 Å². The van der Waals surface area contributed by atoms with E-state index in [9.17, 15) is 0 Å². The van der Waals surface area contributed by atoms with Crippen LogP contribution in [0.1, 0.15) is 65.4 Å². The lowest BCUT2D eigenvalue weighted by atomic mass is 10.2. The van der Waals surface area contributed by atoms with E-state index in [2.05, 4.69) is 27.7 Å². The van der Waals surface area contributed by atoms with Crippen molar-refractivity contribution >= 4 is 0 Å². The zero-order chi connectivity index (χ0) is 13.5. The van der Waals surface area contributed by atoms with E-state index in [0.29, 0.717) is 5.75 Å². The predicted octanol–water partition coefficient (Wildman–Crippen LogP) is 5.70. The molecule has 0 aliphatic heterocycles. The third kappa shape index (κ3) is 17.6. The maximum Gasteiger partial charge on any atom is 0.115 e. The lowest BCUT2D eigenvalue weighted by Gasteiger charge is -1.89. The van der Waals surface area contributed by atoms with Gasteiger partial charge in [0.15, 0.2) is 0 Å². The second-order valence-electron chi connectivity index (χ2n) is 4.19. The van der Waals surface area contributed by atoms with E-state index >= 15 is 0 Å². The van der Waals surface area contributed by atoms with Gasteiger partial charge in [-0.15, -0.1) is 0 Å². The number of unbranched alkanes of at least 4 members (excludes halogenated alkanes) is 3. The minimum Gasteiger partial charge on any atom is -0.508 e. The average Bonchev–Trinajstić information content (AvgIpc) is 2.35. The van der Waals surface area contributed by atoms with Gasteiger partial charge in [0.1, 0.15) is 5.75 Å². The van der Waals surface area contributed by atoms with E-state index in [1.54, 1.807) is 12.1 Å². The highest BCUT2D eigenvalue weighted by molar-refractivity contribution is 5.24. The number of rotatable bonds is 3. The molecule has 0 heterocycles. The molecule has 0 aliphatic rings. The lowest BCUT2D eigenvalue weighted by Crippen LogP contribution is -1.66. The molecule has 100 valence electrons. The predicted molar refractivity (Wildman–Crippen MR) is 78.6 cm³/mol. The Balaban J connectivity index is 0. The SMILES string of the molecule is CCCC.CCCCC.Cc1ccc(O)cc1. The van der Waals surface area contributed by atoms with Crippen molar-refractivity contribution in [1.82, 2.24) is 0 Å². The van der Waals surface area contributed by atoms with Crippen molar-refractivity contribution in [3.05, 3.63) is 29.8 Å². The minimum atomic E-state index is 0.329. The van der Waals surface area contributed by atoms with Gasteiger partial charge >= 0.3 is 0 Å². The van der Waals surface area contributed by atoms with Crippen molar-refractivity contribution in [3.8, 4) is 5.75 Å². The minimum absolute atomic E-state index is 0.329. The average molecular weight is 238 g/mol. The molecule has 0 fully saturated rings. The zero-order valence-corrected chi connectivity index (χ0v) is 12.3. The quantitative estimate of drug-likeness (QED) is 0.715. The maximum atomic E-state index is 8.76. The molecule has 1 N–H and O–H groups in total. The van der Waals surface area contributed by atoms with Gasteiger partial charge in [-0.3, -0.25) is 0 Å². The van der Waals surface area contributed by atoms with Gasteiger partial charge in [0, 0.05) is 0 Å². The molecule has 1 aromatic carbocycles. The largest absolute Gasteiger partial charge is 0.508 e. The van der Waals surface area contributed by atoms with Crippen molar-refractivity contribution in [1.29, 1.82) is 0 Å². The van der Waals surface area contributed by atoms with E-state index in [-0.39, 0.29) is 0 Å². The number of benzene rings is 1. The first kappa shape index (κ1) is 18.4. The summed E-state index contributed by atoms with van der Waals surface area (Å²) in [6, 6.07) is 7.09. The highest BCUT2D eigenvalue weighted by Gasteiger charge is 1.82. The van der Waals surface area contributed by atoms with Crippen molar-refractivity contribution in [3.63, 3.8) is 0 Å². The molecule has 0 amide bonds. The number of aromatic hydroxyl groups is 1. The van der Waals surface area contributed by atoms with Crippen LogP contribution < -0.4 is 0 Å². The molecule has 0 spiro atoms. The van der Waals surface area contributed by atoms with E-state index in [4.69, 9.17) is 5.11 Å². The molecule has 0 saturated carbocycles. The van der Waals surface area contributed by atoms with Gasteiger partial charge in [-0.05, 0) is 19.1 Å². The van der Waals surface area contributed by atoms with E-state index in [1.807, 2.05) is 19.1 Å². The van der Waals surface area contributed by atoms with Crippen LogP contribution in [0.15, 0.2) is 24.3 Å². The van der Waals surface area contributed by atoms with Gasteiger partial charge in [0.2, 0.25) is 0 Å². The summed E-state index contributed by atoms with van der Waals surface area (Å²) in [6.45, 7) is 10.8. The highest BCUT2D eigenvalue weighted by Crippen LogP contribution is 2.07. The second-order valence-corrected chi connectivity index (χ2v) is 4.19. The molecule has 0 radical (unpaired) electrons. The Morgan fingerprint density at radius 2 is 1.18 bits per heavy atom. The van der Waals surface area contributed by atoms with Crippen LogP contribution in [0.5, 0.6) is 5.75 Å². The molecule has 0 aromatic heterocycles. The molecule has 0 unspecified atom stereocenters. The molecule has 1 rings (SSSR count). The third-order valence-corrected chi connectivity index (χ3v) is 2.24. The fraction of sp³-hybridized carbons (Fsp3) is 0.625. The molecule has 1 nitrogen and oxygen atoms in total. The maximum absolute atomic E-state index is 8.76. The Bertz CT molecular complexity index is 201. The highest BCUT2D eigenvalue weighted by atomic mass is 16.3. The summed E-state index contributed by atoms with van der Waals surface area (Å²) in [6.07, 6.45) is 6.72. The van der Waals surface area contributed by atoms with Crippen LogP contribution in [0.4, 0.5) is 0 Å². The van der Waals surface area contributed by atoms with Gasteiger partial charge < -0.3 is 5.11 Å². The molecular weight excluding hydrogens is 208 g/mol. The summed E-state index contributed by atoms with van der Waals surface area (Å²) >= 11 is 0.